The van der Waals surface area contributed by atoms with Crippen molar-refractivity contribution in [2.45, 2.75) is 6.92 Å². The average molecular weight is 257 g/mol. The van der Waals surface area contributed by atoms with Gasteiger partial charge < -0.3 is 21.7 Å². The van der Waals surface area contributed by atoms with Gasteiger partial charge in [-0.2, -0.15) is 0 Å². The molecule has 0 unspecified atom stereocenters. The van der Waals surface area contributed by atoms with E-state index < -0.39 is 0 Å². The van der Waals surface area contributed by atoms with E-state index in [4.69, 9.17) is 11.1 Å². The molecule has 1 amide bonds. The van der Waals surface area contributed by atoms with Crippen molar-refractivity contribution in [3.05, 3.63) is 47.9 Å². The van der Waals surface area contributed by atoms with E-state index in [1.54, 1.807) is 30.5 Å². The molecule has 6 nitrogen and oxygen atoms in total. The fraction of sp³-hybridized carbons (Fsp3) is 0.0769. The van der Waals surface area contributed by atoms with Crippen LogP contribution in [0.1, 0.15) is 6.92 Å². The van der Waals surface area contributed by atoms with Crippen LogP contribution >= 0.6 is 0 Å². The predicted molar refractivity (Wildman–Crippen MR) is 75.6 cm³/mol. The van der Waals surface area contributed by atoms with Crippen molar-refractivity contribution in [1.82, 2.24) is 5.32 Å². The van der Waals surface area contributed by atoms with Gasteiger partial charge in [-0.25, -0.2) is 0 Å². The van der Waals surface area contributed by atoms with E-state index in [1.165, 1.54) is 6.92 Å². The Hall–Kier alpha value is -2.76. The summed E-state index contributed by atoms with van der Waals surface area (Å²) in [5.41, 5.74) is 7.93. The molecule has 19 heavy (non-hydrogen) atoms. The van der Waals surface area contributed by atoms with Gasteiger partial charge in [0.05, 0.1) is 5.57 Å². The molecule has 0 saturated carbocycles. The minimum Gasteiger partial charge on any atom is -0.385 e. The lowest BCUT2D eigenvalue weighted by atomic mass is 10.2. The Morgan fingerprint density at radius 2 is 2.00 bits per heavy atom. The van der Waals surface area contributed by atoms with Crippen LogP contribution in [-0.2, 0) is 4.79 Å². The number of rotatable bonds is 3. The number of carbonyl (C=O) groups excluding carboxylic acids is 1. The Kier molecular flexibility index (Phi) is 3.51. The lowest BCUT2D eigenvalue weighted by Gasteiger charge is -2.10. The fourth-order valence-electron chi connectivity index (χ4n) is 1.69. The summed E-state index contributed by atoms with van der Waals surface area (Å²) in [7, 11) is 0. The molecule has 0 aromatic heterocycles. The number of anilines is 2. The number of nitrogens with one attached hydrogen (secondary N) is 4. The minimum absolute atomic E-state index is 0.131. The number of benzene rings is 1. The zero-order chi connectivity index (χ0) is 13.8. The maximum atomic E-state index is 11.0. The van der Waals surface area contributed by atoms with Crippen LogP contribution in [0.5, 0.6) is 0 Å². The molecule has 0 spiro atoms. The topological polar surface area (TPSA) is 103 Å². The molecular formula is C13H15N5O. The molecule has 2 rings (SSSR count). The average Bonchev–Trinajstić information content (AvgIpc) is 2.75. The van der Waals surface area contributed by atoms with Gasteiger partial charge in [-0.3, -0.25) is 10.2 Å². The first kappa shape index (κ1) is 12.7. The Morgan fingerprint density at radius 3 is 2.58 bits per heavy atom. The fourth-order valence-corrected chi connectivity index (χ4v) is 1.69. The lowest BCUT2D eigenvalue weighted by Crippen LogP contribution is -2.19. The summed E-state index contributed by atoms with van der Waals surface area (Å²) in [6.07, 6.45) is 3.38. The van der Waals surface area contributed by atoms with Crippen LogP contribution in [0.15, 0.2) is 47.9 Å². The predicted octanol–water partition coefficient (Wildman–Crippen LogP) is 1.32. The number of amides is 1. The summed E-state index contributed by atoms with van der Waals surface area (Å²) in [6.45, 7) is 1.45. The van der Waals surface area contributed by atoms with Crippen LogP contribution in [0, 0.1) is 5.41 Å². The molecule has 6 N–H and O–H groups in total. The van der Waals surface area contributed by atoms with E-state index in [0.717, 1.165) is 5.69 Å². The number of nitrogens with two attached hydrogens (primary N) is 1. The van der Waals surface area contributed by atoms with Crippen molar-refractivity contribution in [2.75, 3.05) is 10.6 Å². The van der Waals surface area contributed by atoms with Crippen LogP contribution in [0.3, 0.4) is 0 Å². The number of amidine groups is 1. The molecule has 0 fully saturated rings. The molecule has 6 heteroatoms. The molecule has 0 atom stereocenters. The monoisotopic (exact) mass is 257 g/mol. The highest BCUT2D eigenvalue weighted by molar-refractivity contribution is 6.02. The van der Waals surface area contributed by atoms with Crippen LogP contribution in [-0.4, -0.2) is 11.7 Å². The van der Waals surface area contributed by atoms with Crippen molar-refractivity contribution < 1.29 is 4.79 Å². The molecule has 0 bridgehead atoms. The van der Waals surface area contributed by atoms with Crippen LogP contribution < -0.4 is 21.7 Å². The molecule has 1 heterocycles. The lowest BCUT2D eigenvalue weighted by molar-refractivity contribution is -0.114. The highest BCUT2D eigenvalue weighted by Gasteiger charge is 2.11. The largest absolute Gasteiger partial charge is 0.385 e. The van der Waals surface area contributed by atoms with E-state index in [0.29, 0.717) is 17.1 Å². The molecule has 0 radical (unpaired) electrons. The summed E-state index contributed by atoms with van der Waals surface area (Å²) in [5, 5.41) is 16.1. The Balaban J connectivity index is 2.17. The van der Waals surface area contributed by atoms with Gasteiger partial charge in [0.25, 0.3) is 0 Å². The van der Waals surface area contributed by atoms with Crippen LogP contribution in [0.2, 0.25) is 0 Å². The first-order chi connectivity index (χ1) is 9.06. The van der Waals surface area contributed by atoms with E-state index in [-0.39, 0.29) is 11.7 Å². The third kappa shape index (κ3) is 3.12. The molecular weight excluding hydrogens is 242 g/mol. The third-order valence-electron chi connectivity index (χ3n) is 2.50. The Bertz CT molecular complexity index is 588. The van der Waals surface area contributed by atoms with E-state index in [9.17, 15) is 4.79 Å². The summed E-state index contributed by atoms with van der Waals surface area (Å²) in [4.78, 5) is 11.0. The zero-order valence-electron chi connectivity index (χ0n) is 10.4. The molecule has 1 aliphatic rings. The van der Waals surface area contributed by atoms with Crippen molar-refractivity contribution in [2.24, 2.45) is 5.73 Å². The van der Waals surface area contributed by atoms with Gasteiger partial charge in [0.15, 0.2) is 0 Å². The van der Waals surface area contributed by atoms with Gasteiger partial charge in [-0.05, 0) is 24.3 Å². The quantitative estimate of drug-likeness (QED) is 0.563. The summed E-state index contributed by atoms with van der Waals surface area (Å²) < 4.78 is 0. The maximum Gasteiger partial charge on any atom is 0.221 e. The van der Waals surface area contributed by atoms with Crippen molar-refractivity contribution in [1.29, 1.82) is 5.41 Å². The Labute approximate surface area is 110 Å². The van der Waals surface area contributed by atoms with Gasteiger partial charge in [0.2, 0.25) is 5.91 Å². The van der Waals surface area contributed by atoms with Crippen molar-refractivity contribution >= 4 is 23.1 Å². The van der Waals surface area contributed by atoms with Gasteiger partial charge >= 0.3 is 0 Å². The second kappa shape index (κ2) is 5.26. The molecule has 0 aliphatic carbocycles. The van der Waals surface area contributed by atoms with Crippen molar-refractivity contribution in [3.8, 4) is 0 Å². The smallest absolute Gasteiger partial charge is 0.221 e. The SMILES string of the molecule is CC(=O)Nc1cccc(N/C(N)=C2\C=CNC2=N)c1. The van der Waals surface area contributed by atoms with E-state index >= 15 is 0 Å². The van der Waals surface area contributed by atoms with E-state index in [2.05, 4.69) is 16.0 Å². The minimum atomic E-state index is -0.131. The molecule has 1 aliphatic heterocycles. The van der Waals surface area contributed by atoms with Crippen LogP contribution in [0.4, 0.5) is 11.4 Å². The number of hydrogen-bond acceptors (Lipinski definition) is 4. The second-order valence-corrected chi connectivity index (χ2v) is 4.07. The summed E-state index contributed by atoms with van der Waals surface area (Å²) in [5.74, 6) is 0.502. The second-order valence-electron chi connectivity index (χ2n) is 4.07. The first-order valence-electron chi connectivity index (χ1n) is 5.72. The van der Waals surface area contributed by atoms with Gasteiger partial charge in [0, 0.05) is 24.5 Å². The highest BCUT2D eigenvalue weighted by atomic mass is 16.1. The molecule has 1 aromatic rings. The number of carbonyl (C=O) groups is 1. The first-order valence-corrected chi connectivity index (χ1v) is 5.72. The van der Waals surface area contributed by atoms with Crippen molar-refractivity contribution in [3.63, 3.8) is 0 Å². The summed E-state index contributed by atoms with van der Waals surface area (Å²) in [6, 6.07) is 7.19. The standard InChI is InChI=1S/C13H15N5O/c1-8(19)17-9-3-2-4-10(7-9)18-13(15)11-5-6-16-12(11)14/h2-7,18H,15H2,1H3,(H2,14,16)(H,17,19)/b13-11+. The van der Waals surface area contributed by atoms with E-state index in [1.807, 2.05) is 6.07 Å². The van der Waals surface area contributed by atoms with Gasteiger partial charge in [-0.1, -0.05) is 6.07 Å². The molecule has 1 aromatic carbocycles. The highest BCUT2D eigenvalue weighted by Crippen LogP contribution is 2.17. The molecule has 98 valence electrons. The zero-order valence-corrected chi connectivity index (χ0v) is 10.4. The van der Waals surface area contributed by atoms with Crippen LogP contribution in [0.25, 0.3) is 0 Å². The molecule has 0 saturated heterocycles. The normalized spacial score (nSPS) is 15.9. The number of hydrogen-bond donors (Lipinski definition) is 5. The maximum absolute atomic E-state index is 11.0. The third-order valence-corrected chi connectivity index (χ3v) is 2.50. The Morgan fingerprint density at radius 1 is 1.32 bits per heavy atom. The summed E-state index contributed by atoms with van der Waals surface area (Å²) >= 11 is 0. The van der Waals surface area contributed by atoms with Gasteiger partial charge in [-0.15, -0.1) is 0 Å². The van der Waals surface area contributed by atoms with Gasteiger partial charge in [0.1, 0.15) is 11.7 Å².